The molecule has 0 fully saturated rings. The Morgan fingerprint density at radius 3 is 2.19 bits per heavy atom. The highest BCUT2D eigenvalue weighted by molar-refractivity contribution is 7.89. The number of carboxylic acids is 1. The molecule has 10 heteroatoms. The molecule has 2 rings (SSSR count). The molecule has 0 bridgehead atoms. The lowest BCUT2D eigenvalue weighted by atomic mass is 10.1. The molecule has 0 radical (unpaired) electrons. The first-order valence-electron chi connectivity index (χ1n) is 7.56. The lowest BCUT2D eigenvalue weighted by Gasteiger charge is -2.12. The zero-order valence-corrected chi connectivity index (χ0v) is 15.4. The number of methoxy groups -OCH3 is 2. The summed E-state index contributed by atoms with van der Waals surface area (Å²) < 4.78 is 33.0. The van der Waals surface area contributed by atoms with Crippen LogP contribution in [0.4, 0.5) is 0 Å². The largest absolute Gasteiger partial charge is 0.496 e. The average Bonchev–Trinajstić information content (AvgIpc) is 2.64. The molecular weight excluding hydrogens is 376 g/mol. The lowest BCUT2D eigenvalue weighted by Crippen LogP contribution is -2.24. The van der Waals surface area contributed by atoms with Crippen molar-refractivity contribution >= 4 is 21.9 Å². The number of amides is 1. The number of carbonyl (C=O) groups is 2. The fourth-order valence-corrected chi connectivity index (χ4v) is 2.89. The number of carboxylic acid groups (broad SMARTS) is 1. The Labute approximate surface area is 155 Å². The summed E-state index contributed by atoms with van der Waals surface area (Å²) in [6.45, 7) is 0.00582. The number of nitrogens with two attached hydrogens (primary N) is 1. The Balaban J connectivity index is 2.26. The van der Waals surface area contributed by atoms with Crippen molar-refractivity contribution < 1.29 is 32.6 Å². The van der Waals surface area contributed by atoms with Crippen molar-refractivity contribution in [1.82, 2.24) is 5.32 Å². The number of ether oxygens (including phenoxy) is 2. The van der Waals surface area contributed by atoms with Gasteiger partial charge >= 0.3 is 5.97 Å². The minimum absolute atomic E-state index is 0.00582. The van der Waals surface area contributed by atoms with Gasteiger partial charge in [0.15, 0.2) is 0 Å². The summed E-state index contributed by atoms with van der Waals surface area (Å²) in [6.07, 6.45) is 0. The summed E-state index contributed by atoms with van der Waals surface area (Å²) in [6, 6.07) is 8.12. The Morgan fingerprint density at radius 2 is 1.63 bits per heavy atom. The zero-order valence-electron chi connectivity index (χ0n) is 14.6. The Hall–Kier alpha value is -3.11. The van der Waals surface area contributed by atoms with E-state index in [9.17, 15) is 23.1 Å². The summed E-state index contributed by atoms with van der Waals surface area (Å²) in [7, 11) is -1.29. The van der Waals surface area contributed by atoms with Crippen LogP contribution >= 0.6 is 0 Å². The molecule has 0 aliphatic carbocycles. The van der Waals surface area contributed by atoms with Crippen molar-refractivity contribution in [2.75, 3.05) is 14.2 Å². The first-order valence-corrected chi connectivity index (χ1v) is 9.11. The molecule has 0 heterocycles. The monoisotopic (exact) mass is 394 g/mol. The van der Waals surface area contributed by atoms with Gasteiger partial charge in [-0.05, 0) is 35.9 Å². The van der Waals surface area contributed by atoms with Crippen molar-refractivity contribution in [1.29, 1.82) is 0 Å². The van der Waals surface area contributed by atoms with E-state index in [4.69, 9.17) is 14.6 Å². The number of nitrogens with one attached hydrogen (secondary N) is 1. The molecule has 0 aromatic heterocycles. The molecule has 9 nitrogen and oxygen atoms in total. The molecular formula is C17H18N2O7S. The predicted molar refractivity (Wildman–Crippen MR) is 95.5 cm³/mol. The van der Waals surface area contributed by atoms with Crippen LogP contribution in [-0.2, 0) is 16.6 Å². The van der Waals surface area contributed by atoms with E-state index in [1.54, 1.807) is 6.07 Å². The summed E-state index contributed by atoms with van der Waals surface area (Å²) in [5.74, 6) is -1.41. The molecule has 1 amide bonds. The van der Waals surface area contributed by atoms with Gasteiger partial charge in [0.25, 0.3) is 5.91 Å². The van der Waals surface area contributed by atoms with Gasteiger partial charge in [0.05, 0.1) is 24.7 Å². The van der Waals surface area contributed by atoms with Crippen molar-refractivity contribution in [2.45, 2.75) is 11.4 Å². The van der Waals surface area contributed by atoms with Gasteiger partial charge in [-0.1, -0.05) is 6.07 Å². The molecule has 0 unspecified atom stereocenters. The second kappa shape index (κ2) is 8.06. The maximum absolute atomic E-state index is 12.5. The van der Waals surface area contributed by atoms with Crippen molar-refractivity contribution in [3.05, 3.63) is 53.1 Å². The number of sulfonamides is 1. The standard InChI is InChI=1S/C17H18N2O7S/c1-25-14-6-4-11(27(18,23)24)8-12(14)16(20)19-9-10-3-5-15(26-2)13(7-10)17(21)22/h3-8H,9H2,1-2H3,(H,19,20)(H,21,22)(H2,18,23,24). The maximum Gasteiger partial charge on any atom is 0.339 e. The number of rotatable bonds is 7. The molecule has 2 aromatic carbocycles. The molecule has 2 aromatic rings. The van der Waals surface area contributed by atoms with Gasteiger partial charge in [0, 0.05) is 6.54 Å². The normalized spacial score (nSPS) is 10.9. The molecule has 0 spiro atoms. The van der Waals surface area contributed by atoms with Crippen LogP contribution in [0.15, 0.2) is 41.3 Å². The van der Waals surface area contributed by atoms with E-state index in [2.05, 4.69) is 5.32 Å². The molecule has 144 valence electrons. The van der Waals surface area contributed by atoms with E-state index in [1.807, 2.05) is 0 Å². The second-order valence-electron chi connectivity index (χ2n) is 5.43. The molecule has 0 aliphatic rings. The number of benzene rings is 2. The number of aromatic carboxylic acids is 1. The molecule has 0 saturated carbocycles. The topological polar surface area (TPSA) is 145 Å². The lowest BCUT2D eigenvalue weighted by molar-refractivity contribution is 0.0693. The minimum Gasteiger partial charge on any atom is -0.496 e. The molecule has 0 atom stereocenters. The smallest absolute Gasteiger partial charge is 0.339 e. The molecule has 4 N–H and O–H groups in total. The third-order valence-electron chi connectivity index (χ3n) is 3.69. The van der Waals surface area contributed by atoms with Crippen LogP contribution < -0.4 is 19.9 Å². The van der Waals surface area contributed by atoms with Gasteiger partial charge in [0.2, 0.25) is 10.0 Å². The van der Waals surface area contributed by atoms with Gasteiger partial charge in [-0.2, -0.15) is 0 Å². The third-order valence-corrected chi connectivity index (χ3v) is 4.60. The summed E-state index contributed by atoms with van der Waals surface area (Å²) in [5.41, 5.74) is 0.456. The van der Waals surface area contributed by atoms with Crippen LogP contribution in [0.2, 0.25) is 0 Å². The van der Waals surface area contributed by atoms with E-state index < -0.39 is 21.9 Å². The van der Waals surface area contributed by atoms with E-state index in [1.165, 1.54) is 38.5 Å². The Morgan fingerprint density at radius 1 is 1.04 bits per heavy atom. The predicted octanol–water partition coefficient (Wildman–Crippen LogP) is 0.979. The van der Waals surface area contributed by atoms with Crippen molar-refractivity contribution in [3.8, 4) is 11.5 Å². The zero-order chi connectivity index (χ0) is 20.2. The van der Waals surface area contributed by atoms with Crippen LogP contribution in [0.1, 0.15) is 26.3 Å². The van der Waals surface area contributed by atoms with Gasteiger partial charge in [-0.15, -0.1) is 0 Å². The average molecular weight is 394 g/mol. The van der Waals surface area contributed by atoms with E-state index >= 15 is 0 Å². The van der Waals surface area contributed by atoms with Crippen LogP contribution in [0.3, 0.4) is 0 Å². The van der Waals surface area contributed by atoms with E-state index in [-0.39, 0.29) is 34.1 Å². The summed E-state index contributed by atoms with van der Waals surface area (Å²) in [4.78, 5) is 23.5. The van der Waals surface area contributed by atoms with Crippen molar-refractivity contribution in [2.24, 2.45) is 5.14 Å². The SMILES string of the molecule is COc1ccc(CNC(=O)c2cc(S(N)(=O)=O)ccc2OC)cc1C(=O)O. The first-order chi connectivity index (χ1) is 12.7. The highest BCUT2D eigenvalue weighted by Gasteiger charge is 2.18. The van der Waals surface area contributed by atoms with Crippen LogP contribution in [0, 0.1) is 0 Å². The van der Waals surface area contributed by atoms with Crippen LogP contribution in [0.25, 0.3) is 0 Å². The van der Waals surface area contributed by atoms with Gasteiger partial charge < -0.3 is 19.9 Å². The molecule has 0 aliphatic heterocycles. The number of carbonyl (C=O) groups excluding carboxylic acids is 1. The van der Waals surface area contributed by atoms with Gasteiger partial charge in [-0.25, -0.2) is 18.4 Å². The van der Waals surface area contributed by atoms with Crippen molar-refractivity contribution in [3.63, 3.8) is 0 Å². The van der Waals surface area contributed by atoms with E-state index in [0.29, 0.717) is 5.56 Å². The Kier molecular flexibility index (Phi) is 6.03. The summed E-state index contributed by atoms with van der Waals surface area (Å²) in [5, 5.41) is 16.9. The Bertz CT molecular complexity index is 987. The summed E-state index contributed by atoms with van der Waals surface area (Å²) >= 11 is 0. The number of hydrogen-bond donors (Lipinski definition) is 3. The molecule has 27 heavy (non-hydrogen) atoms. The minimum atomic E-state index is -3.99. The maximum atomic E-state index is 12.5. The van der Waals surface area contributed by atoms with Gasteiger partial charge in [0.1, 0.15) is 17.1 Å². The fraction of sp³-hybridized carbons (Fsp3) is 0.176. The third kappa shape index (κ3) is 4.74. The van der Waals surface area contributed by atoms with Crippen LogP contribution in [0.5, 0.6) is 11.5 Å². The first kappa shape index (κ1) is 20.2. The molecule has 0 saturated heterocycles. The fourth-order valence-electron chi connectivity index (χ4n) is 2.35. The number of primary sulfonamides is 1. The number of hydrogen-bond acceptors (Lipinski definition) is 6. The van der Waals surface area contributed by atoms with Crippen LogP contribution in [-0.4, -0.2) is 39.6 Å². The van der Waals surface area contributed by atoms with E-state index in [0.717, 1.165) is 6.07 Å². The second-order valence-corrected chi connectivity index (χ2v) is 6.99. The quantitative estimate of drug-likeness (QED) is 0.634. The highest BCUT2D eigenvalue weighted by Crippen LogP contribution is 2.23. The highest BCUT2D eigenvalue weighted by atomic mass is 32.2. The van der Waals surface area contributed by atoms with Gasteiger partial charge in [-0.3, -0.25) is 4.79 Å².